The standard InChI is InChI=1S/C21H23N5O/c1-14-15(2)24-26(16(14)3)10-9-20(27)25-12-18-11-22-21(23-19(18)13-25)17-7-5-4-6-8-17/h4-8,11H,9-10,12-13H2,1-3H3. The molecule has 1 aliphatic rings. The molecule has 0 radical (unpaired) electrons. The lowest BCUT2D eigenvalue weighted by Gasteiger charge is -2.15. The first kappa shape index (κ1) is 17.4. The number of rotatable bonds is 4. The van der Waals surface area contributed by atoms with E-state index in [1.165, 1.54) is 5.56 Å². The molecule has 6 heteroatoms. The molecule has 4 rings (SSSR count). The summed E-state index contributed by atoms with van der Waals surface area (Å²) in [4.78, 5) is 23.7. The van der Waals surface area contributed by atoms with Gasteiger partial charge in [0.1, 0.15) is 0 Å². The Hall–Kier alpha value is -3.02. The van der Waals surface area contributed by atoms with Crippen molar-refractivity contribution in [2.45, 2.75) is 46.8 Å². The third-order valence-corrected chi connectivity index (χ3v) is 5.32. The Balaban J connectivity index is 1.43. The van der Waals surface area contributed by atoms with Crippen LogP contribution in [-0.2, 0) is 24.4 Å². The molecule has 0 bridgehead atoms. The molecule has 0 spiro atoms. The van der Waals surface area contributed by atoms with Gasteiger partial charge in [0.15, 0.2) is 5.82 Å². The first-order valence-electron chi connectivity index (χ1n) is 9.21. The minimum atomic E-state index is 0.125. The number of carbonyl (C=O) groups excluding carboxylic acids is 1. The minimum absolute atomic E-state index is 0.125. The molecule has 0 fully saturated rings. The van der Waals surface area contributed by atoms with E-state index in [1.807, 2.05) is 60.0 Å². The van der Waals surface area contributed by atoms with E-state index in [2.05, 4.69) is 22.0 Å². The normalized spacial score (nSPS) is 13.1. The maximum Gasteiger partial charge on any atom is 0.225 e. The molecule has 0 N–H and O–H groups in total. The van der Waals surface area contributed by atoms with Crippen LogP contribution >= 0.6 is 0 Å². The summed E-state index contributed by atoms with van der Waals surface area (Å²) in [6, 6.07) is 9.92. The van der Waals surface area contributed by atoms with Crippen molar-refractivity contribution in [3.8, 4) is 11.4 Å². The molecular formula is C21H23N5O. The highest BCUT2D eigenvalue weighted by atomic mass is 16.2. The number of hydrogen-bond donors (Lipinski definition) is 0. The lowest BCUT2D eigenvalue weighted by molar-refractivity contribution is -0.132. The highest BCUT2D eigenvalue weighted by molar-refractivity contribution is 5.76. The summed E-state index contributed by atoms with van der Waals surface area (Å²) in [6.45, 7) is 7.85. The summed E-state index contributed by atoms with van der Waals surface area (Å²) in [5, 5.41) is 4.52. The van der Waals surface area contributed by atoms with Gasteiger partial charge in [-0.1, -0.05) is 30.3 Å². The molecule has 2 aromatic heterocycles. The highest BCUT2D eigenvalue weighted by Gasteiger charge is 2.25. The fourth-order valence-electron chi connectivity index (χ4n) is 3.42. The number of amides is 1. The largest absolute Gasteiger partial charge is 0.332 e. The molecule has 0 saturated heterocycles. The van der Waals surface area contributed by atoms with Crippen LogP contribution in [0.15, 0.2) is 36.5 Å². The quantitative estimate of drug-likeness (QED) is 0.716. The number of hydrogen-bond acceptors (Lipinski definition) is 4. The van der Waals surface area contributed by atoms with Gasteiger partial charge in [0, 0.05) is 42.5 Å². The molecule has 0 aliphatic carbocycles. The number of aryl methyl sites for hydroxylation is 2. The number of aromatic nitrogens is 4. The zero-order valence-corrected chi connectivity index (χ0v) is 15.9. The van der Waals surface area contributed by atoms with Gasteiger partial charge in [0.25, 0.3) is 0 Å². The van der Waals surface area contributed by atoms with Gasteiger partial charge >= 0.3 is 0 Å². The lowest BCUT2D eigenvalue weighted by Crippen LogP contribution is -2.26. The monoisotopic (exact) mass is 361 g/mol. The van der Waals surface area contributed by atoms with Gasteiger partial charge in [-0.25, -0.2) is 9.97 Å². The second kappa shape index (κ2) is 6.95. The maximum atomic E-state index is 12.7. The Labute approximate surface area is 158 Å². The van der Waals surface area contributed by atoms with E-state index < -0.39 is 0 Å². The van der Waals surface area contributed by atoms with Crippen molar-refractivity contribution < 1.29 is 4.79 Å². The van der Waals surface area contributed by atoms with Crippen molar-refractivity contribution in [1.29, 1.82) is 0 Å². The van der Waals surface area contributed by atoms with E-state index in [0.717, 1.165) is 28.2 Å². The fraction of sp³-hybridized carbons (Fsp3) is 0.333. The summed E-state index contributed by atoms with van der Waals surface area (Å²) in [6.07, 6.45) is 2.29. The Bertz CT molecular complexity index is 993. The van der Waals surface area contributed by atoms with Crippen molar-refractivity contribution >= 4 is 5.91 Å². The van der Waals surface area contributed by atoms with Gasteiger partial charge in [-0.05, 0) is 26.3 Å². The number of carbonyl (C=O) groups is 1. The smallest absolute Gasteiger partial charge is 0.225 e. The first-order valence-corrected chi connectivity index (χ1v) is 9.21. The minimum Gasteiger partial charge on any atom is -0.332 e. The molecule has 3 aromatic rings. The molecule has 1 amide bonds. The molecule has 6 nitrogen and oxygen atoms in total. The van der Waals surface area contributed by atoms with Crippen molar-refractivity contribution in [2.24, 2.45) is 0 Å². The van der Waals surface area contributed by atoms with Crippen molar-refractivity contribution in [3.05, 3.63) is 64.7 Å². The second-order valence-electron chi connectivity index (χ2n) is 7.05. The lowest BCUT2D eigenvalue weighted by atomic mass is 10.2. The van der Waals surface area contributed by atoms with E-state index in [9.17, 15) is 4.79 Å². The van der Waals surface area contributed by atoms with Crippen LogP contribution in [0.25, 0.3) is 11.4 Å². The summed E-state index contributed by atoms with van der Waals surface area (Å²) >= 11 is 0. The van der Waals surface area contributed by atoms with Crippen LogP contribution in [0, 0.1) is 20.8 Å². The van der Waals surface area contributed by atoms with Crippen LogP contribution in [-0.4, -0.2) is 30.6 Å². The van der Waals surface area contributed by atoms with Gasteiger partial charge in [0.05, 0.1) is 17.9 Å². The zero-order chi connectivity index (χ0) is 19.0. The predicted octanol–water partition coefficient (Wildman–Crippen LogP) is 3.20. The SMILES string of the molecule is Cc1nn(CCC(=O)N2Cc3cnc(-c4ccccc4)nc3C2)c(C)c1C. The van der Waals surface area contributed by atoms with Gasteiger partial charge < -0.3 is 4.90 Å². The van der Waals surface area contributed by atoms with Gasteiger partial charge in [-0.3, -0.25) is 9.48 Å². The van der Waals surface area contributed by atoms with Crippen LogP contribution in [0.5, 0.6) is 0 Å². The molecule has 3 heterocycles. The van der Waals surface area contributed by atoms with Gasteiger partial charge in [-0.2, -0.15) is 5.10 Å². The number of nitrogens with zero attached hydrogens (tertiary/aromatic N) is 5. The Morgan fingerprint density at radius 1 is 1.11 bits per heavy atom. The Morgan fingerprint density at radius 3 is 2.59 bits per heavy atom. The van der Waals surface area contributed by atoms with Crippen LogP contribution in [0.1, 0.15) is 34.6 Å². The van der Waals surface area contributed by atoms with E-state index in [1.54, 1.807) is 0 Å². The summed E-state index contributed by atoms with van der Waals surface area (Å²) < 4.78 is 1.93. The summed E-state index contributed by atoms with van der Waals surface area (Å²) in [5.74, 6) is 0.834. The average molecular weight is 361 g/mol. The van der Waals surface area contributed by atoms with E-state index >= 15 is 0 Å². The maximum absolute atomic E-state index is 12.7. The Morgan fingerprint density at radius 2 is 1.89 bits per heavy atom. The van der Waals surface area contributed by atoms with Gasteiger partial charge in [-0.15, -0.1) is 0 Å². The number of fused-ring (bicyclic) bond motifs is 1. The van der Waals surface area contributed by atoms with Crippen LogP contribution < -0.4 is 0 Å². The molecule has 0 atom stereocenters. The molecule has 27 heavy (non-hydrogen) atoms. The van der Waals surface area contributed by atoms with E-state index in [4.69, 9.17) is 0 Å². The summed E-state index contributed by atoms with van der Waals surface area (Å²) in [7, 11) is 0. The van der Waals surface area contributed by atoms with E-state index in [0.29, 0.717) is 31.9 Å². The summed E-state index contributed by atoms with van der Waals surface area (Å²) in [5.41, 5.74) is 6.31. The molecule has 1 aromatic carbocycles. The molecule has 138 valence electrons. The van der Waals surface area contributed by atoms with Gasteiger partial charge in [0.2, 0.25) is 5.91 Å². The van der Waals surface area contributed by atoms with Crippen molar-refractivity contribution in [1.82, 2.24) is 24.6 Å². The molecule has 0 unspecified atom stereocenters. The Kier molecular flexibility index (Phi) is 4.48. The fourth-order valence-corrected chi connectivity index (χ4v) is 3.42. The first-order chi connectivity index (χ1) is 13.0. The molecule has 0 saturated carbocycles. The average Bonchev–Trinajstić information content (AvgIpc) is 3.23. The molecular weight excluding hydrogens is 338 g/mol. The zero-order valence-electron chi connectivity index (χ0n) is 15.9. The third-order valence-electron chi connectivity index (χ3n) is 5.32. The van der Waals surface area contributed by atoms with Crippen LogP contribution in [0.2, 0.25) is 0 Å². The topological polar surface area (TPSA) is 63.9 Å². The van der Waals surface area contributed by atoms with Crippen molar-refractivity contribution in [2.75, 3.05) is 0 Å². The third kappa shape index (κ3) is 3.35. The number of benzene rings is 1. The van der Waals surface area contributed by atoms with Crippen LogP contribution in [0.3, 0.4) is 0 Å². The van der Waals surface area contributed by atoms with Crippen molar-refractivity contribution in [3.63, 3.8) is 0 Å². The predicted molar refractivity (Wildman–Crippen MR) is 103 cm³/mol. The van der Waals surface area contributed by atoms with E-state index in [-0.39, 0.29) is 5.91 Å². The second-order valence-corrected chi connectivity index (χ2v) is 7.05. The molecule has 1 aliphatic heterocycles. The van der Waals surface area contributed by atoms with Crippen LogP contribution in [0.4, 0.5) is 0 Å². The highest BCUT2D eigenvalue weighted by Crippen LogP contribution is 2.24.